The minimum Gasteiger partial charge on any atom is -0.460 e. The topological polar surface area (TPSA) is 83.6 Å². The number of ether oxygens (including phenoxy) is 5. The van der Waals surface area contributed by atoms with Gasteiger partial charge in [0, 0.05) is 12.8 Å². The molecule has 5 rings (SSSR count). The molecule has 5 aliphatic rings. The van der Waals surface area contributed by atoms with Crippen molar-refractivity contribution >= 4 is 11.8 Å². The highest BCUT2D eigenvalue weighted by Gasteiger charge is 2.79. The van der Waals surface area contributed by atoms with Gasteiger partial charge in [0.25, 0.3) is 0 Å². The first kappa shape index (κ1) is 16.9. The van der Waals surface area contributed by atoms with Gasteiger partial charge in [-0.3, -0.25) is 9.59 Å². The van der Waals surface area contributed by atoms with Crippen LogP contribution in [0.2, 0.25) is 0 Å². The SMILES string of the molecule is CC(=O)O[C@@H]1CC2[C@@]3(CO3)C1OC1C=C(C)C(=O)[C@H]3OC(C)(C)OC[C@]123. The number of hydrogen-bond donors (Lipinski definition) is 0. The van der Waals surface area contributed by atoms with Gasteiger partial charge in [0.1, 0.15) is 23.9 Å². The second kappa shape index (κ2) is 4.95. The van der Waals surface area contributed by atoms with Crippen LogP contribution in [0.5, 0.6) is 0 Å². The lowest BCUT2D eigenvalue weighted by atomic mass is 9.58. The van der Waals surface area contributed by atoms with E-state index in [1.807, 2.05) is 19.9 Å². The van der Waals surface area contributed by atoms with Crippen LogP contribution in [-0.2, 0) is 33.3 Å². The Labute approximate surface area is 151 Å². The summed E-state index contributed by atoms with van der Waals surface area (Å²) < 4.78 is 30.0. The van der Waals surface area contributed by atoms with E-state index in [0.29, 0.717) is 25.2 Å². The van der Waals surface area contributed by atoms with Gasteiger partial charge in [0.2, 0.25) is 0 Å². The van der Waals surface area contributed by atoms with Crippen LogP contribution in [0.25, 0.3) is 0 Å². The summed E-state index contributed by atoms with van der Waals surface area (Å²) in [6.07, 6.45) is 0.801. The third-order valence-corrected chi connectivity index (χ3v) is 6.73. The van der Waals surface area contributed by atoms with E-state index in [1.54, 1.807) is 6.92 Å². The molecular weight excluding hydrogens is 340 g/mol. The molecule has 3 unspecified atom stereocenters. The van der Waals surface area contributed by atoms with E-state index in [9.17, 15) is 9.59 Å². The van der Waals surface area contributed by atoms with Gasteiger partial charge < -0.3 is 23.7 Å². The van der Waals surface area contributed by atoms with Crippen LogP contribution in [0.15, 0.2) is 11.6 Å². The number of rotatable bonds is 1. The van der Waals surface area contributed by atoms with Crippen molar-refractivity contribution < 1.29 is 33.3 Å². The quantitative estimate of drug-likeness (QED) is 0.510. The monoisotopic (exact) mass is 364 g/mol. The summed E-state index contributed by atoms with van der Waals surface area (Å²) >= 11 is 0. The van der Waals surface area contributed by atoms with Crippen molar-refractivity contribution in [3.8, 4) is 0 Å². The van der Waals surface area contributed by atoms with Crippen LogP contribution in [0.4, 0.5) is 0 Å². The number of epoxide rings is 1. The van der Waals surface area contributed by atoms with Crippen molar-refractivity contribution in [2.24, 2.45) is 11.3 Å². The van der Waals surface area contributed by atoms with Crippen molar-refractivity contribution in [3.63, 3.8) is 0 Å². The third-order valence-electron chi connectivity index (χ3n) is 6.73. The van der Waals surface area contributed by atoms with E-state index in [-0.39, 0.29) is 36.0 Å². The predicted molar refractivity (Wildman–Crippen MR) is 87.1 cm³/mol. The average Bonchev–Trinajstić information content (AvgIpc) is 3.29. The molecule has 26 heavy (non-hydrogen) atoms. The maximum atomic E-state index is 13.0. The van der Waals surface area contributed by atoms with E-state index >= 15 is 0 Å². The smallest absolute Gasteiger partial charge is 0.302 e. The Morgan fingerprint density at radius 2 is 2.00 bits per heavy atom. The summed E-state index contributed by atoms with van der Waals surface area (Å²) in [4.78, 5) is 24.6. The second-order valence-corrected chi connectivity index (χ2v) is 8.67. The predicted octanol–water partition coefficient (Wildman–Crippen LogP) is 1.14. The van der Waals surface area contributed by atoms with Gasteiger partial charge in [-0.05, 0) is 38.8 Å². The molecule has 2 aliphatic carbocycles. The van der Waals surface area contributed by atoms with Crippen LogP contribution in [0.3, 0.4) is 0 Å². The van der Waals surface area contributed by atoms with Gasteiger partial charge >= 0.3 is 5.97 Å². The molecule has 0 radical (unpaired) electrons. The first-order valence-electron chi connectivity index (χ1n) is 9.21. The van der Waals surface area contributed by atoms with Gasteiger partial charge in [-0.1, -0.05) is 0 Å². The molecule has 1 saturated carbocycles. The zero-order valence-corrected chi connectivity index (χ0v) is 15.4. The van der Waals surface area contributed by atoms with E-state index in [1.165, 1.54) is 6.92 Å². The minimum atomic E-state index is -0.837. The molecule has 7 atom stereocenters. The van der Waals surface area contributed by atoms with Crippen molar-refractivity contribution in [3.05, 3.63) is 11.6 Å². The Kier molecular flexibility index (Phi) is 3.21. The summed E-state index contributed by atoms with van der Waals surface area (Å²) in [5.41, 5.74) is -0.527. The van der Waals surface area contributed by atoms with E-state index in [0.717, 1.165) is 0 Å². The molecule has 2 spiro atoms. The Hall–Kier alpha value is -1.28. The standard InChI is InChI=1S/C19H24O7/c1-9-5-13-18(7-22-17(3,4)26-16(18)14(9)21)12-6-11(24-10(2)20)15(25-13)19(12)8-23-19/h5,11-13,15-16H,6-8H2,1-4H3/t11-,12?,13?,15?,16-,18-,19+/m1/s1. The van der Waals surface area contributed by atoms with Gasteiger partial charge in [0.15, 0.2) is 11.6 Å². The van der Waals surface area contributed by atoms with Crippen molar-refractivity contribution in [1.82, 2.24) is 0 Å². The highest BCUT2D eigenvalue weighted by molar-refractivity contribution is 6.00. The summed E-state index contributed by atoms with van der Waals surface area (Å²) in [6.45, 7) is 7.73. The lowest BCUT2D eigenvalue weighted by molar-refractivity contribution is -0.347. The molecule has 3 aliphatic heterocycles. The molecule has 142 valence electrons. The summed E-state index contributed by atoms with van der Waals surface area (Å²) in [7, 11) is 0. The highest BCUT2D eigenvalue weighted by Crippen LogP contribution is 2.66. The average molecular weight is 364 g/mol. The maximum Gasteiger partial charge on any atom is 0.302 e. The lowest BCUT2D eigenvalue weighted by Gasteiger charge is -2.58. The van der Waals surface area contributed by atoms with Crippen molar-refractivity contribution in [1.29, 1.82) is 0 Å². The van der Waals surface area contributed by atoms with Crippen LogP contribution in [-0.4, -0.2) is 60.8 Å². The Bertz CT molecular complexity index is 721. The first-order valence-corrected chi connectivity index (χ1v) is 9.21. The fourth-order valence-electron chi connectivity index (χ4n) is 5.52. The number of carbonyl (C=O) groups excluding carboxylic acids is 2. The van der Waals surface area contributed by atoms with Crippen LogP contribution >= 0.6 is 0 Å². The normalized spacial score (nSPS) is 50.7. The van der Waals surface area contributed by atoms with Gasteiger partial charge in [-0.25, -0.2) is 0 Å². The number of ketones is 1. The molecule has 3 heterocycles. The van der Waals surface area contributed by atoms with E-state index < -0.39 is 22.9 Å². The molecule has 7 nitrogen and oxygen atoms in total. The molecule has 0 aromatic rings. The van der Waals surface area contributed by atoms with Crippen molar-refractivity contribution in [2.45, 2.75) is 69.9 Å². The third kappa shape index (κ3) is 1.97. The van der Waals surface area contributed by atoms with Crippen LogP contribution < -0.4 is 0 Å². The van der Waals surface area contributed by atoms with E-state index in [4.69, 9.17) is 23.7 Å². The molecular formula is C19H24O7. The van der Waals surface area contributed by atoms with E-state index in [2.05, 4.69) is 0 Å². The zero-order valence-electron chi connectivity index (χ0n) is 15.4. The fraction of sp³-hybridized carbons (Fsp3) is 0.789. The lowest BCUT2D eigenvalue weighted by Crippen LogP contribution is -2.70. The Morgan fingerprint density at radius 3 is 2.65 bits per heavy atom. The first-order chi connectivity index (χ1) is 12.2. The molecule has 0 aromatic heterocycles. The number of esters is 1. The molecule has 0 N–H and O–H groups in total. The Morgan fingerprint density at radius 1 is 1.27 bits per heavy atom. The number of Topliss-reactive ketones (excluding diaryl/α,β-unsaturated/α-hetero) is 1. The van der Waals surface area contributed by atoms with Gasteiger partial charge in [0.05, 0.1) is 24.7 Å². The maximum absolute atomic E-state index is 13.0. The number of hydrogen-bond acceptors (Lipinski definition) is 7. The molecule has 4 fully saturated rings. The van der Waals surface area contributed by atoms with Gasteiger partial charge in [-0.15, -0.1) is 0 Å². The molecule has 0 amide bonds. The molecule has 7 heteroatoms. The largest absolute Gasteiger partial charge is 0.460 e. The minimum absolute atomic E-state index is 0.0218. The molecule has 0 aromatic carbocycles. The zero-order chi connectivity index (χ0) is 18.5. The van der Waals surface area contributed by atoms with Crippen molar-refractivity contribution in [2.75, 3.05) is 13.2 Å². The molecule has 3 saturated heterocycles. The summed E-state index contributed by atoms with van der Waals surface area (Å²) in [5.74, 6) is -1.22. The van der Waals surface area contributed by atoms with Crippen LogP contribution in [0, 0.1) is 11.3 Å². The Balaban J connectivity index is 1.61. The van der Waals surface area contributed by atoms with Crippen LogP contribution in [0.1, 0.15) is 34.1 Å². The molecule has 2 bridgehead atoms. The highest BCUT2D eigenvalue weighted by atomic mass is 16.7. The fourth-order valence-corrected chi connectivity index (χ4v) is 5.52. The summed E-state index contributed by atoms with van der Waals surface area (Å²) in [5, 5.41) is 0. The summed E-state index contributed by atoms with van der Waals surface area (Å²) in [6, 6.07) is 0. The second-order valence-electron chi connectivity index (χ2n) is 8.67. The number of carbonyl (C=O) groups is 2. The van der Waals surface area contributed by atoms with Gasteiger partial charge in [-0.2, -0.15) is 0 Å².